The fourth-order valence-electron chi connectivity index (χ4n) is 3.27. The molecule has 6 nitrogen and oxygen atoms in total. The molecular formula is C19H17ClF2N4O2. The number of piperidine rings is 1. The van der Waals surface area contributed by atoms with Gasteiger partial charge in [0, 0.05) is 45.1 Å². The van der Waals surface area contributed by atoms with Crippen LogP contribution in [0.15, 0.2) is 35.1 Å². The van der Waals surface area contributed by atoms with Crippen molar-refractivity contribution in [3.63, 3.8) is 0 Å². The molecule has 0 saturated carbocycles. The lowest BCUT2D eigenvalue weighted by molar-refractivity contribution is 0.163. The number of pyridine rings is 1. The number of fused-ring (bicyclic) bond motifs is 1. The Kier molecular flexibility index (Phi) is 4.89. The number of nitrogens with zero attached hydrogens (tertiary/aromatic N) is 4. The first kappa shape index (κ1) is 18.6. The average Bonchev–Trinajstić information content (AvgIpc) is 2.67. The number of halogens is 3. The molecule has 1 fully saturated rings. The quantitative estimate of drug-likeness (QED) is 0.668. The Labute approximate surface area is 164 Å². The number of hydrogen-bond donors (Lipinski definition) is 0. The van der Waals surface area contributed by atoms with Gasteiger partial charge >= 0.3 is 0 Å². The highest BCUT2D eigenvalue weighted by Crippen LogP contribution is 2.28. The lowest BCUT2D eigenvalue weighted by Crippen LogP contribution is -2.39. The van der Waals surface area contributed by atoms with Crippen LogP contribution in [-0.2, 0) is 7.05 Å². The largest absolute Gasteiger partial charge is 0.487 e. The van der Waals surface area contributed by atoms with Crippen molar-refractivity contribution in [2.45, 2.75) is 18.9 Å². The summed E-state index contributed by atoms with van der Waals surface area (Å²) in [6.45, 7) is 1.16. The van der Waals surface area contributed by atoms with E-state index >= 15 is 0 Å². The van der Waals surface area contributed by atoms with Crippen molar-refractivity contribution in [3.8, 4) is 5.75 Å². The number of rotatable bonds is 3. The Morgan fingerprint density at radius 3 is 2.61 bits per heavy atom. The normalized spacial score (nSPS) is 15.2. The van der Waals surface area contributed by atoms with Gasteiger partial charge in [-0.05, 0) is 18.2 Å². The minimum atomic E-state index is -0.716. The fourth-order valence-corrected chi connectivity index (χ4v) is 3.52. The smallest absolute Gasteiger partial charge is 0.252 e. The predicted molar refractivity (Wildman–Crippen MR) is 102 cm³/mol. The molecule has 1 aliphatic heterocycles. The molecule has 1 aliphatic rings. The van der Waals surface area contributed by atoms with E-state index in [1.807, 2.05) is 4.90 Å². The number of aromatic nitrogens is 3. The lowest BCUT2D eigenvalue weighted by Gasteiger charge is -2.33. The van der Waals surface area contributed by atoms with Gasteiger partial charge in [-0.3, -0.25) is 9.36 Å². The molecular weight excluding hydrogens is 390 g/mol. The van der Waals surface area contributed by atoms with E-state index in [1.165, 1.54) is 22.8 Å². The fraction of sp³-hybridized carbons (Fsp3) is 0.316. The van der Waals surface area contributed by atoms with E-state index in [4.69, 9.17) is 16.3 Å². The molecule has 0 atom stereocenters. The molecule has 0 unspecified atom stereocenters. The van der Waals surface area contributed by atoms with Crippen LogP contribution in [0.4, 0.5) is 14.6 Å². The van der Waals surface area contributed by atoms with Gasteiger partial charge < -0.3 is 9.64 Å². The Hall–Kier alpha value is -2.74. The molecule has 0 spiro atoms. The third kappa shape index (κ3) is 3.52. The number of benzene rings is 1. The zero-order chi connectivity index (χ0) is 19.8. The first-order valence-corrected chi connectivity index (χ1v) is 9.20. The molecule has 1 aromatic carbocycles. The van der Waals surface area contributed by atoms with Crippen LogP contribution < -0.4 is 15.2 Å². The highest BCUT2D eigenvalue weighted by atomic mass is 35.5. The summed E-state index contributed by atoms with van der Waals surface area (Å²) in [6.07, 6.45) is 1.02. The van der Waals surface area contributed by atoms with Crippen molar-refractivity contribution >= 4 is 28.6 Å². The van der Waals surface area contributed by atoms with Gasteiger partial charge in [-0.2, -0.15) is 0 Å². The topological polar surface area (TPSA) is 60.2 Å². The van der Waals surface area contributed by atoms with Gasteiger partial charge in [-0.25, -0.2) is 18.7 Å². The third-order valence-corrected chi connectivity index (χ3v) is 5.06. The molecule has 0 radical (unpaired) electrons. The summed E-state index contributed by atoms with van der Waals surface area (Å²) in [5, 5.41) is 0.259. The minimum absolute atomic E-state index is 0.0402. The van der Waals surface area contributed by atoms with Crippen LogP contribution in [0.1, 0.15) is 12.8 Å². The van der Waals surface area contributed by atoms with Gasteiger partial charge in [0.05, 0.1) is 0 Å². The SMILES string of the molecule is Cn1c(=O)ccc2nc(Cl)c(N3CCC(Oc4ccc(F)cc4F)CC3)nc21. The monoisotopic (exact) mass is 406 g/mol. The Morgan fingerprint density at radius 2 is 1.89 bits per heavy atom. The van der Waals surface area contributed by atoms with Gasteiger partial charge in [0.15, 0.2) is 28.2 Å². The van der Waals surface area contributed by atoms with Crippen LogP contribution in [0.2, 0.25) is 5.15 Å². The molecule has 1 saturated heterocycles. The lowest BCUT2D eigenvalue weighted by atomic mass is 10.1. The number of ether oxygens (including phenoxy) is 1. The standard InChI is InChI=1S/C19H17ClF2N4O2/c1-25-16(27)5-3-14-18(25)24-19(17(20)23-14)26-8-6-12(7-9-26)28-15-4-2-11(21)10-13(15)22/h2-5,10,12H,6-9H2,1H3. The van der Waals surface area contributed by atoms with Gasteiger partial charge in [-0.15, -0.1) is 0 Å². The molecule has 0 aliphatic carbocycles. The van der Waals surface area contributed by atoms with Crippen LogP contribution in [0.25, 0.3) is 11.2 Å². The van der Waals surface area contributed by atoms with E-state index in [-0.39, 0.29) is 22.6 Å². The molecule has 0 N–H and O–H groups in total. The predicted octanol–water partition coefficient (Wildman–Crippen LogP) is 3.31. The average molecular weight is 407 g/mol. The van der Waals surface area contributed by atoms with E-state index in [9.17, 15) is 13.6 Å². The van der Waals surface area contributed by atoms with Gasteiger partial charge in [-0.1, -0.05) is 11.6 Å². The highest BCUT2D eigenvalue weighted by molar-refractivity contribution is 6.32. The Balaban J connectivity index is 1.51. The van der Waals surface area contributed by atoms with Crippen molar-refractivity contribution in [3.05, 3.63) is 57.5 Å². The molecule has 4 rings (SSSR count). The number of anilines is 1. The van der Waals surface area contributed by atoms with Gasteiger partial charge in [0.2, 0.25) is 0 Å². The van der Waals surface area contributed by atoms with Crippen LogP contribution in [0.5, 0.6) is 5.75 Å². The van der Waals surface area contributed by atoms with Crippen LogP contribution >= 0.6 is 11.6 Å². The van der Waals surface area contributed by atoms with E-state index < -0.39 is 11.6 Å². The second-order valence-corrected chi connectivity index (χ2v) is 7.01. The highest BCUT2D eigenvalue weighted by Gasteiger charge is 2.25. The first-order valence-electron chi connectivity index (χ1n) is 8.82. The summed E-state index contributed by atoms with van der Waals surface area (Å²) in [5.74, 6) is -0.814. The molecule has 3 aromatic rings. The summed E-state index contributed by atoms with van der Waals surface area (Å²) < 4.78 is 33.9. The van der Waals surface area contributed by atoms with Crippen LogP contribution in [0, 0.1) is 11.6 Å². The second-order valence-electron chi connectivity index (χ2n) is 6.66. The summed E-state index contributed by atoms with van der Waals surface area (Å²) >= 11 is 6.31. The molecule has 0 bridgehead atoms. The van der Waals surface area contributed by atoms with Gasteiger partial charge in [0.25, 0.3) is 5.56 Å². The van der Waals surface area contributed by atoms with Crippen molar-refractivity contribution in [1.29, 1.82) is 0 Å². The number of aryl methyl sites for hydroxylation is 1. The Bertz CT molecular complexity index is 1100. The zero-order valence-electron chi connectivity index (χ0n) is 15.0. The third-order valence-electron chi connectivity index (χ3n) is 4.81. The van der Waals surface area contributed by atoms with E-state index in [1.54, 1.807) is 13.1 Å². The van der Waals surface area contributed by atoms with E-state index in [0.29, 0.717) is 42.9 Å². The van der Waals surface area contributed by atoms with E-state index in [2.05, 4.69) is 9.97 Å². The van der Waals surface area contributed by atoms with Crippen molar-refractivity contribution in [1.82, 2.24) is 14.5 Å². The van der Waals surface area contributed by atoms with Crippen molar-refractivity contribution < 1.29 is 13.5 Å². The van der Waals surface area contributed by atoms with Crippen molar-refractivity contribution in [2.24, 2.45) is 7.05 Å². The second kappa shape index (κ2) is 7.35. The van der Waals surface area contributed by atoms with Crippen molar-refractivity contribution in [2.75, 3.05) is 18.0 Å². The molecule has 28 heavy (non-hydrogen) atoms. The van der Waals surface area contributed by atoms with E-state index in [0.717, 1.165) is 6.07 Å². The summed E-state index contributed by atoms with van der Waals surface area (Å²) in [4.78, 5) is 22.7. The van der Waals surface area contributed by atoms with Gasteiger partial charge in [0.1, 0.15) is 17.4 Å². The van der Waals surface area contributed by atoms with Crippen LogP contribution in [0.3, 0.4) is 0 Å². The molecule has 9 heteroatoms. The maximum absolute atomic E-state index is 13.8. The number of hydrogen-bond acceptors (Lipinski definition) is 5. The summed E-state index contributed by atoms with van der Waals surface area (Å²) in [7, 11) is 1.63. The maximum atomic E-state index is 13.8. The molecule has 3 heterocycles. The van der Waals surface area contributed by atoms with Crippen LogP contribution in [-0.4, -0.2) is 33.7 Å². The molecule has 0 amide bonds. The zero-order valence-corrected chi connectivity index (χ0v) is 15.8. The molecule has 2 aromatic heterocycles. The first-order chi connectivity index (χ1) is 13.4. The molecule has 146 valence electrons. The summed E-state index contributed by atoms with van der Waals surface area (Å²) in [5.41, 5.74) is 0.822. The minimum Gasteiger partial charge on any atom is -0.487 e. The Morgan fingerprint density at radius 1 is 1.14 bits per heavy atom. The summed E-state index contributed by atoms with van der Waals surface area (Å²) in [6, 6.07) is 6.28. The maximum Gasteiger partial charge on any atom is 0.252 e.